The summed E-state index contributed by atoms with van der Waals surface area (Å²) in [5.41, 5.74) is 0.981. The molecular formula is C9H10BrClO. The van der Waals surface area contributed by atoms with Crippen LogP contribution in [0.3, 0.4) is 0 Å². The third-order valence-electron chi connectivity index (χ3n) is 1.53. The molecule has 0 fully saturated rings. The van der Waals surface area contributed by atoms with Crippen molar-refractivity contribution in [3.05, 3.63) is 33.3 Å². The van der Waals surface area contributed by atoms with Gasteiger partial charge in [0.1, 0.15) is 0 Å². The normalized spacial score (nSPS) is 13.0. The van der Waals surface area contributed by atoms with E-state index in [1.165, 1.54) is 0 Å². The van der Waals surface area contributed by atoms with E-state index in [-0.39, 0.29) is 6.10 Å². The third kappa shape index (κ3) is 2.77. The van der Waals surface area contributed by atoms with Crippen molar-refractivity contribution in [3.63, 3.8) is 0 Å². The van der Waals surface area contributed by atoms with Crippen LogP contribution in [0.2, 0.25) is 5.02 Å². The molecule has 0 aliphatic rings. The second kappa shape index (κ2) is 4.26. The lowest BCUT2D eigenvalue weighted by molar-refractivity contribution is 0.195. The van der Waals surface area contributed by atoms with Crippen LogP contribution in [-0.4, -0.2) is 11.2 Å². The van der Waals surface area contributed by atoms with Gasteiger partial charge in [-0.3, -0.25) is 0 Å². The molecule has 1 nitrogen and oxygen atoms in total. The minimum atomic E-state index is -0.344. The van der Waals surface area contributed by atoms with Crippen molar-refractivity contribution in [3.8, 4) is 0 Å². The van der Waals surface area contributed by atoms with E-state index in [1.807, 2.05) is 18.2 Å². The molecule has 1 rings (SSSR count). The van der Waals surface area contributed by atoms with Gasteiger partial charge < -0.3 is 5.11 Å². The summed E-state index contributed by atoms with van der Waals surface area (Å²) in [5.74, 6) is 0. The fourth-order valence-electron chi connectivity index (χ4n) is 1.01. The minimum Gasteiger partial charge on any atom is -0.393 e. The lowest BCUT2D eigenvalue weighted by Crippen LogP contribution is -2.04. The smallest absolute Gasteiger partial charge is 0.0552 e. The molecule has 1 N–H and O–H groups in total. The summed E-state index contributed by atoms with van der Waals surface area (Å²) in [5, 5.41) is 9.83. The largest absolute Gasteiger partial charge is 0.393 e. The molecule has 0 radical (unpaired) electrons. The Morgan fingerprint density at radius 1 is 1.58 bits per heavy atom. The van der Waals surface area contributed by atoms with Crippen molar-refractivity contribution in [2.45, 2.75) is 19.4 Å². The maximum absolute atomic E-state index is 9.13. The molecule has 0 spiro atoms. The Bertz CT molecular complexity index is 273. The van der Waals surface area contributed by atoms with Crippen LogP contribution in [0.15, 0.2) is 22.7 Å². The van der Waals surface area contributed by atoms with Crippen molar-refractivity contribution < 1.29 is 5.11 Å². The highest BCUT2D eigenvalue weighted by Crippen LogP contribution is 2.22. The van der Waals surface area contributed by atoms with Gasteiger partial charge in [0.2, 0.25) is 0 Å². The van der Waals surface area contributed by atoms with Gasteiger partial charge in [0.25, 0.3) is 0 Å². The average Bonchev–Trinajstić information content (AvgIpc) is 1.94. The van der Waals surface area contributed by atoms with Gasteiger partial charge in [-0.1, -0.05) is 33.6 Å². The number of aliphatic hydroxyl groups is 1. The lowest BCUT2D eigenvalue weighted by Gasteiger charge is -2.06. The van der Waals surface area contributed by atoms with Crippen LogP contribution in [0.5, 0.6) is 0 Å². The van der Waals surface area contributed by atoms with Crippen molar-refractivity contribution in [1.82, 2.24) is 0 Å². The van der Waals surface area contributed by atoms with Gasteiger partial charge in [-0.05, 0) is 31.0 Å². The molecule has 0 amide bonds. The molecule has 66 valence electrons. The molecular weight excluding hydrogens is 239 g/mol. The first-order chi connectivity index (χ1) is 5.59. The molecule has 0 aliphatic carbocycles. The fraction of sp³-hybridized carbons (Fsp3) is 0.333. The predicted molar refractivity (Wildman–Crippen MR) is 54.5 cm³/mol. The lowest BCUT2D eigenvalue weighted by atomic mass is 10.1. The number of hydrogen-bond acceptors (Lipinski definition) is 1. The summed E-state index contributed by atoms with van der Waals surface area (Å²) in [6.45, 7) is 1.75. The molecule has 0 bridgehead atoms. The zero-order valence-corrected chi connectivity index (χ0v) is 9.06. The molecule has 0 saturated carbocycles. The van der Waals surface area contributed by atoms with Gasteiger partial charge in [0, 0.05) is 9.50 Å². The topological polar surface area (TPSA) is 20.2 Å². The maximum atomic E-state index is 9.13. The number of halogens is 2. The first kappa shape index (κ1) is 10.0. The molecule has 1 unspecified atom stereocenters. The van der Waals surface area contributed by atoms with Crippen LogP contribution >= 0.6 is 27.5 Å². The van der Waals surface area contributed by atoms with Crippen LogP contribution < -0.4 is 0 Å². The van der Waals surface area contributed by atoms with Crippen LogP contribution in [-0.2, 0) is 6.42 Å². The predicted octanol–water partition coefficient (Wildman–Crippen LogP) is 3.03. The Morgan fingerprint density at radius 2 is 2.25 bits per heavy atom. The summed E-state index contributed by atoms with van der Waals surface area (Å²) in [6, 6.07) is 5.67. The maximum Gasteiger partial charge on any atom is 0.0552 e. The van der Waals surface area contributed by atoms with Crippen molar-refractivity contribution in [1.29, 1.82) is 0 Å². The van der Waals surface area contributed by atoms with E-state index in [0.29, 0.717) is 11.4 Å². The Balaban J connectivity index is 2.86. The van der Waals surface area contributed by atoms with Crippen LogP contribution in [0.1, 0.15) is 12.5 Å². The van der Waals surface area contributed by atoms with Gasteiger partial charge in [-0.25, -0.2) is 0 Å². The highest BCUT2D eigenvalue weighted by atomic mass is 79.9. The SMILES string of the molecule is CC(O)Cc1ccc(Br)cc1Cl. The van der Waals surface area contributed by atoms with Gasteiger partial charge in [0.05, 0.1) is 6.10 Å². The van der Waals surface area contributed by atoms with E-state index >= 15 is 0 Å². The molecule has 1 atom stereocenters. The van der Waals surface area contributed by atoms with Crippen LogP contribution in [0.4, 0.5) is 0 Å². The van der Waals surface area contributed by atoms with Crippen molar-refractivity contribution in [2.24, 2.45) is 0 Å². The van der Waals surface area contributed by atoms with E-state index in [2.05, 4.69) is 15.9 Å². The second-order valence-electron chi connectivity index (χ2n) is 2.79. The van der Waals surface area contributed by atoms with Gasteiger partial charge in [-0.2, -0.15) is 0 Å². The molecule has 0 heterocycles. The second-order valence-corrected chi connectivity index (χ2v) is 4.11. The monoisotopic (exact) mass is 248 g/mol. The molecule has 0 saturated heterocycles. The van der Waals surface area contributed by atoms with Crippen molar-refractivity contribution in [2.75, 3.05) is 0 Å². The van der Waals surface area contributed by atoms with E-state index in [9.17, 15) is 0 Å². The quantitative estimate of drug-likeness (QED) is 0.854. The van der Waals surface area contributed by atoms with E-state index in [0.717, 1.165) is 10.0 Å². The zero-order chi connectivity index (χ0) is 9.14. The molecule has 12 heavy (non-hydrogen) atoms. The van der Waals surface area contributed by atoms with Gasteiger partial charge in [-0.15, -0.1) is 0 Å². The minimum absolute atomic E-state index is 0.344. The number of aliphatic hydroxyl groups excluding tert-OH is 1. The summed E-state index contributed by atoms with van der Waals surface area (Å²) in [7, 11) is 0. The van der Waals surface area contributed by atoms with E-state index < -0.39 is 0 Å². The fourth-order valence-corrected chi connectivity index (χ4v) is 1.76. The molecule has 3 heteroatoms. The summed E-state index contributed by atoms with van der Waals surface area (Å²) >= 11 is 9.25. The van der Waals surface area contributed by atoms with Crippen LogP contribution in [0, 0.1) is 0 Å². The Labute approximate surface area is 85.5 Å². The number of benzene rings is 1. The highest BCUT2D eigenvalue weighted by molar-refractivity contribution is 9.10. The van der Waals surface area contributed by atoms with Crippen molar-refractivity contribution >= 4 is 27.5 Å². The Kier molecular flexibility index (Phi) is 3.56. The summed E-state index contributed by atoms with van der Waals surface area (Å²) < 4.78 is 0.960. The van der Waals surface area contributed by atoms with E-state index in [1.54, 1.807) is 6.92 Å². The highest BCUT2D eigenvalue weighted by Gasteiger charge is 2.03. The summed E-state index contributed by atoms with van der Waals surface area (Å²) in [6.07, 6.45) is 0.259. The molecule has 0 aromatic heterocycles. The first-order valence-corrected chi connectivity index (χ1v) is 4.88. The summed E-state index contributed by atoms with van der Waals surface area (Å²) in [4.78, 5) is 0. The van der Waals surface area contributed by atoms with Crippen LogP contribution in [0.25, 0.3) is 0 Å². The molecule has 1 aromatic carbocycles. The Morgan fingerprint density at radius 3 is 2.75 bits per heavy atom. The number of rotatable bonds is 2. The van der Waals surface area contributed by atoms with E-state index in [4.69, 9.17) is 16.7 Å². The van der Waals surface area contributed by atoms with Gasteiger partial charge >= 0.3 is 0 Å². The van der Waals surface area contributed by atoms with Gasteiger partial charge in [0.15, 0.2) is 0 Å². The number of hydrogen-bond donors (Lipinski definition) is 1. The first-order valence-electron chi connectivity index (χ1n) is 3.71. The molecule has 1 aromatic rings. The molecule has 0 aliphatic heterocycles. The third-order valence-corrected chi connectivity index (χ3v) is 2.38. The average molecular weight is 250 g/mol. The standard InChI is InChI=1S/C9H10BrClO/c1-6(12)4-7-2-3-8(10)5-9(7)11/h2-3,5-6,12H,4H2,1H3. The zero-order valence-electron chi connectivity index (χ0n) is 6.72. The Hall–Kier alpha value is -0.0500.